The molecule has 0 N–H and O–H groups in total. The van der Waals surface area contributed by atoms with Crippen LogP contribution in [0.2, 0.25) is 0 Å². The highest BCUT2D eigenvalue weighted by Crippen LogP contribution is 2.15. The van der Waals surface area contributed by atoms with Crippen molar-refractivity contribution in [1.82, 2.24) is 4.90 Å². The molecule has 0 amide bonds. The van der Waals surface area contributed by atoms with E-state index >= 15 is 0 Å². The molecule has 0 rings (SSSR count). The minimum Gasteiger partial charge on any atom is -0.293 e. The van der Waals surface area contributed by atoms with Crippen LogP contribution in [-0.4, -0.2) is 39.0 Å². The van der Waals surface area contributed by atoms with E-state index in [4.69, 9.17) is 0 Å². The van der Waals surface area contributed by atoms with Crippen LogP contribution in [0, 0.1) is 0 Å². The van der Waals surface area contributed by atoms with E-state index in [9.17, 15) is 0 Å². The van der Waals surface area contributed by atoms with Crippen LogP contribution in [0.4, 0.5) is 0 Å². The van der Waals surface area contributed by atoms with Crippen LogP contribution < -0.4 is 0 Å². The van der Waals surface area contributed by atoms with E-state index in [0.29, 0.717) is 18.1 Å². The Morgan fingerprint density at radius 2 is 1.00 bits per heavy atom. The zero-order valence-electron chi connectivity index (χ0n) is 8.43. The van der Waals surface area contributed by atoms with Crippen molar-refractivity contribution >= 4 is 47.8 Å². The molecule has 80 valence electrons. The van der Waals surface area contributed by atoms with E-state index in [1.165, 1.54) is 0 Å². The maximum Gasteiger partial charge on any atom is 0.0185 e. The number of nitrogens with zero attached hydrogens (tertiary/aromatic N) is 1. The lowest BCUT2D eigenvalue weighted by atomic mass is 10.2. The third kappa shape index (κ3) is 4.63. The van der Waals surface area contributed by atoms with E-state index in [2.05, 4.69) is 73.5 Å². The molecule has 4 heteroatoms. The predicted molar refractivity (Wildman–Crippen MR) is 71.6 cm³/mol. The largest absolute Gasteiger partial charge is 0.293 e. The van der Waals surface area contributed by atoms with Gasteiger partial charge in [-0.05, 0) is 20.8 Å². The highest BCUT2D eigenvalue weighted by Gasteiger charge is 2.23. The summed E-state index contributed by atoms with van der Waals surface area (Å²) in [5.41, 5.74) is 0. The molecule has 0 spiro atoms. The number of alkyl halides is 3. The summed E-state index contributed by atoms with van der Waals surface area (Å²) in [4.78, 5) is 2.53. The van der Waals surface area contributed by atoms with Gasteiger partial charge in [-0.2, -0.15) is 0 Å². The van der Waals surface area contributed by atoms with Crippen molar-refractivity contribution in [2.24, 2.45) is 0 Å². The summed E-state index contributed by atoms with van der Waals surface area (Å²) in [6, 6.07) is 1.75. The van der Waals surface area contributed by atoms with E-state index in [1.807, 2.05) is 0 Å². The molecule has 3 atom stereocenters. The number of hydrogen-bond acceptors (Lipinski definition) is 1. The van der Waals surface area contributed by atoms with Crippen molar-refractivity contribution in [3.8, 4) is 0 Å². The first kappa shape index (κ1) is 14.4. The van der Waals surface area contributed by atoms with Gasteiger partial charge in [0.25, 0.3) is 0 Å². The van der Waals surface area contributed by atoms with Gasteiger partial charge >= 0.3 is 0 Å². The Labute approximate surface area is 107 Å². The van der Waals surface area contributed by atoms with Crippen molar-refractivity contribution in [2.45, 2.75) is 38.9 Å². The molecule has 0 heterocycles. The third-order valence-corrected chi connectivity index (χ3v) is 5.01. The molecule has 13 heavy (non-hydrogen) atoms. The van der Waals surface area contributed by atoms with Gasteiger partial charge in [0.05, 0.1) is 0 Å². The molecule has 0 fully saturated rings. The molecule has 3 unspecified atom stereocenters. The Hall–Kier alpha value is 1.40. The second kappa shape index (κ2) is 7.66. The summed E-state index contributed by atoms with van der Waals surface area (Å²) in [5, 5.41) is 3.09. The van der Waals surface area contributed by atoms with Gasteiger partial charge in [-0.25, -0.2) is 0 Å². The van der Waals surface area contributed by atoms with E-state index in [0.717, 1.165) is 16.0 Å². The van der Waals surface area contributed by atoms with Gasteiger partial charge < -0.3 is 0 Å². The molecule has 0 aromatic heterocycles. The second-order valence-electron chi connectivity index (χ2n) is 3.46. The second-order valence-corrected chi connectivity index (χ2v) is 5.40. The molecule has 0 saturated heterocycles. The van der Waals surface area contributed by atoms with E-state index in [-0.39, 0.29) is 0 Å². The van der Waals surface area contributed by atoms with Gasteiger partial charge in [0.15, 0.2) is 0 Å². The maximum absolute atomic E-state index is 3.54. The van der Waals surface area contributed by atoms with Gasteiger partial charge in [0.1, 0.15) is 0 Å². The lowest BCUT2D eigenvalue weighted by molar-refractivity contribution is 0.142. The molecule has 1 nitrogen and oxygen atoms in total. The summed E-state index contributed by atoms with van der Waals surface area (Å²) in [6.07, 6.45) is 0. The van der Waals surface area contributed by atoms with Gasteiger partial charge in [-0.15, -0.1) is 0 Å². The van der Waals surface area contributed by atoms with Crippen LogP contribution in [0.3, 0.4) is 0 Å². The average molecular weight is 380 g/mol. The monoisotopic (exact) mass is 377 g/mol. The number of hydrogen-bond donors (Lipinski definition) is 0. The molecular weight excluding hydrogens is 362 g/mol. The smallest absolute Gasteiger partial charge is 0.0185 e. The van der Waals surface area contributed by atoms with Crippen LogP contribution in [0.5, 0.6) is 0 Å². The van der Waals surface area contributed by atoms with Gasteiger partial charge in [-0.3, -0.25) is 4.90 Å². The lowest BCUT2D eigenvalue weighted by Gasteiger charge is -2.37. The fraction of sp³-hybridized carbons (Fsp3) is 1.00. The molecule has 0 aliphatic rings. The predicted octanol–water partition coefficient (Wildman–Crippen LogP) is 3.64. The Kier molecular flexibility index (Phi) is 8.49. The summed E-state index contributed by atoms with van der Waals surface area (Å²) < 4.78 is 0. The minimum absolute atomic E-state index is 0.583. The molecular formula is C9H18Br3N. The average Bonchev–Trinajstić information content (AvgIpc) is 2.16. The normalized spacial score (nSPS) is 18.7. The van der Waals surface area contributed by atoms with Crippen LogP contribution in [-0.2, 0) is 0 Å². The molecule has 0 aromatic carbocycles. The first-order chi connectivity index (χ1) is 6.08. The Morgan fingerprint density at radius 3 is 1.15 bits per heavy atom. The summed E-state index contributed by atoms with van der Waals surface area (Å²) in [5.74, 6) is 0. The van der Waals surface area contributed by atoms with Crippen molar-refractivity contribution in [2.75, 3.05) is 16.0 Å². The molecule has 0 aromatic rings. The van der Waals surface area contributed by atoms with Crippen molar-refractivity contribution < 1.29 is 0 Å². The standard InChI is InChI=1S/C9H18Br3N/c1-7(4-10)13(8(2)5-11)9(3)6-12/h7-9H,4-6H2,1-3H3. The zero-order valence-corrected chi connectivity index (χ0v) is 13.2. The quantitative estimate of drug-likeness (QED) is 0.637. The van der Waals surface area contributed by atoms with E-state index < -0.39 is 0 Å². The van der Waals surface area contributed by atoms with Crippen LogP contribution >= 0.6 is 47.8 Å². The first-order valence-electron chi connectivity index (χ1n) is 4.53. The molecule has 0 aliphatic carbocycles. The van der Waals surface area contributed by atoms with Gasteiger partial charge in [0.2, 0.25) is 0 Å². The van der Waals surface area contributed by atoms with Crippen molar-refractivity contribution in [1.29, 1.82) is 0 Å². The van der Waals surface area contributed by atoms with Crippen LogP contribution in [0.15, 0.2) is 0 Å². The topological polar surface area (TPSA) is 3.24 Å². The fourth-order valence-corrected chi connectivity index (χ4v) is 2.55. The molecule has 0 bridgehead atoms. The van der Waals surface area contributed by atoms with Crippen LogP contribution in [0.1, 0.15) is 20.8 Å². The van der Waals surface area contributed by atoms with Gasteiger partial charge in [0, 0.05) is 34.1 Å². The Balaban J connectivity index is 4.34. The zero-order chi connectivity index (χ0) is 10.4. The van der Waals surface area contributed by atoms with Gasteiger partial charge in [-0.1, -0.05) is 47.8 Å². The lowest BCUT2D eigenvalue weighted by Crippen LogP contribution is -2.48. The Morgan fingerprint density at radius 1 is 0.769 bits per heavy atom. The fourth-order valence-electron chi connectivity index (χ4n) is 1.54. The van der Waals surface area contributed by atoms with E-state index in [1.54, 1.807) is 0 Å². The maximum atomic E-state index is 3.54. The number of rotatable bonds is 6. The summed E-state index contributed by atoms with van der Waals surface area (Å²) >= 11 is 10.6. The molecule has 0 radical (unpaired) electrons. The summed E-state index contributed by atoms with van der Waals surface area (Å²) in [7, 11) is 0. The third-order valence-electron chi connectivity index (χ3n) is 2.20. The van der Waals surface area contributed by atoms with Crippen molar-refractivity contribution in [3.63, 3.8) is 0 Å². The first-order valence-corrected chi connectivity index (χ1v) is 7.90. The highest BCUT2D eigenvalue weighted by atomic mass is 79.9. The molecule has 0 saturated carbocycles. The SMILES string of the molecule is CC(CBr)N(C(C)CBr)C(C)CBr. The Bertz CT molecular complexity index is 108. The summed E-state index contributed by atoms with van der Waals surface area (Å²) in [6.45, 7) is 6.77. The minimum atomic E-state index is 0.583. The molecule has 0 aliphatic heterocycles. The van der Waals surface area contributed by atoms with Crippen molar-refractivity contribution in [3.05, 3.63) is 0 Å². The number of halogens is 3. The highest BCUT2D eigenvalue weighted by molar-refractivity contribution is 9.09. The van der Waals surface area contributed by atoms with Crippen LogP contribution in [0.25, 0.3) is 0 Å².